The fourth-order valence-electron chi connectivity index (χ4n) is 6.90. The zero-order valence-corrected chi connectivity index (χ0v) is 24.1. The molecular formula is C42H28N2. The van der Waals surface area contributed by atoms with Crippen molar-refractivity contribution in [2.45, 2.75) is 0 Å². The van der Waals surface area contributed by atoms with Crippen LogP contribution in [-0.4, -0.2) is 4.40 Å². The van der Waals surface area contributed by atoms with E-state index >= 15 is 0 Å². The van der Waals surface area contributed by atoms with Gasteiger partial charge in [0.05, 0.1) is 16.6 Å². The summed E-state index contributed by atoms with van der Waals surface area (Å²) in [7, 11) is 0. The molecule has 0 aliphatic carbocycles. The van der Waals surface area contributed by atoms with Crippen LogP contribution in [0.1, 0.15) is 0 Å². The van der Waals surface area contributed by atoms with Crippen LogP contribution in [0.15, 0.2) is 170 Å². The standard InChI is InChI=1S/C42H28N2/c1-3-12-29(13-4-1)30-22-24-34(25-23-30)43(33-15-5-2-6-16-33)35-17-11-14-31(26-35)32-27-38-36-18-7-9-20-40(36)44-41-21-10-8-19-37(41)39(28-32)42(38)44/h1-28H. The number of hydrogen-bond donors (Lipinski definition) is 0. The van der Waals surface area contributed by atoms with Gasteiger partial charge >= 0.3 is 0 Å². The Morgan fingerprint density at radius 2 is 0.818 bits per heavy atom. The van der Waals surface area contributed by atoms with Gasteiger partial charge in [-0.25, -0.2) is 0 Å². The first-order chi connectivity index (χ1) is 21.8. The van der Waals surface area contributed by atoms with E-state index in [0.717, 1.165) is 17.1 Å². The highest BCUT2D eigenvalue weighted by Gasteiger charge is 2.19. The molecule has 0 saturated heterocycles. The molecule has 0 spiro atoms. The average molecular weight is 561 g/mol. The molecule has 44 heavy (non-hydrogen) atoms. The Balaban J connectivity index is 1.22. The Morgan fingerprint density at radius 1 is 0.318 bits per heavy atom. The number of aromatic nitrogens is 1. The SMILES string of the molecule is c1ccc(-c2ccc(N(c3ccccc3)c3cccc(-c4cc5c6ccccc6n6c7ccccc7c(c4)c56)c3)cc2)cc1. The predicted octanol–water partition coefficient (Wildman–Crippen LogP) is 11.6. The fraction of sp³-hybridized carbons (Fsp3) is 0. The predicted molar refractivity (Wildman–Crippen MR) is 187 cm³/mol. The van der Waals surface area contributed by atoms with Gasteiger partial charge < -0.3 is 9.30 Å². The minimum Gasteiger partial charge on any atom is -0.310 e. The lowest BCUT2D eigenvalue weighted by Gasteiger charge is -2.26. The first-order valence-corrected chi connectivity index (χ1v) is 15.1. The Bertz CT molecular complexity index is 2340. The number of fused-ring (bicyclic) bond motifs is 6. The van der Waals surface area contributed by atoms with Crippen molar-refractivity contribution in [1.82, 2.24) is 4.40 Å². The Hall–Kier alpha value is -5.86. The third-order valence-corrected chi connectivity index (χ3v) is 8.89. The molecule has 2 nitrogen and oxygen atoms in total. The summed E-state index contributed by atoms with van der Waals surface area (Å²) >= 11 is 0. The van der Waals surface area contributed by atoms with Gasteiger partial charge in [0, 0.05) is 38.6 Å². The molecule has 2 heterocycles. The molecule has 0 bridgehead atoms. The van der Waals surface area contributed by atoms with Crippen molar-refractivity contribution in [2.75, 3.05) is 4.90 Å². The zero-order chi connectivity index (χ0) is 29.0. The van der Waals surface area contributed by atoms with Crippen molar-refractivity contribution >= 4 is 55.2 Å². The molecular weight excluding hydrogens is 532 g/mol. The van der Waals surface area contributed by atoms with Crippen LogP contribution >= 0.6 is 0 Å². The van der Waals surface area contributed by atoms with E-state index in [2.05, 4.69) is 179 Å². The number of benzene rings is 7. The number of nitrogens with zero attached hydrogens (tertiary/aromatic N) is 2. The van der Waals surface area contributed by atoms with Gasteiger partial charge in [-0.2, -0.15) is 0 Å². The molecule has 9 rings (SSSR count). The molecule has 2 aromatic heterocycles. The third kappa shape index (κ3) is 3.82. The van der Waals surface area contributed by atoms with Gasteiger partial charge in [-0.3, -0.25) is 0 Å². The lowest BCUT2D eigenvalue weighted by Crippen LogP contribution is -2.09. The molecule has 0 amide bonds. The molecule has 0 saturated carbocycles. The molecule has 9 aromatic rings. The highest BCUT2D eigenvalue weighted by molar-refractivity contribution is 6.24. The summed E-state index contributed by atoms with van der Waals surface area (Å²) in [6.07, 6.45) is 0. The maximum atomic E-state index is 2.44. The molecule has 0 fully saturated rings. The topological polar surface area (TPSA) is 7.65 Å². The smallest absolute Gasteiger partial charge is 0.0620 e. The number of rotatable bonds is 5. The van der Waals surface area contributed by atoms with Crippen LogP contribution in [0.2, 0.25) is 0 Å². The molecule has 7 aromatic carbocycles. The Labute approximate surface area is 256 Å². The Kier molecular flexibility index (Phi) is 5.54. The summed E-state index contributed by atoms with van der Waals surface area (Å²) in [5, 5.41) is 5.18. The van der Waals surface area contributed by atoms with E-state index < -0.39 is 0 Å². The monoisotopic (exact) mass is 560 g/mol. The minimum absolute atomic E-state index is 1.12. The van der Waals surface area contributed by atoms with Gasteiger partial charge in [-0.1, -0.05) is 109 Å². The highest BCUT2D eigenvalue weighted by Crippen LogP contribution is 2.43. The average Bonchev–Trinajstić information content (AvgIpc) is 3.62. The van der Waals surface area contributed by atoms with Crippen LogP contribution in [0.3, 0.4) is 0 Å². The normalized spacial score (nSPS) is 11.6. The molecule has 0 aliphatic heterocycles. The van der Waals surface area contributed by atoms with E-state index in [1.54, 1.807) is 0 Å². The number of hydrogen-bond acceptors (Lipinski definition) is 1. The Morgan fingerprint density at radius 3 is 1.48 bits per heavy atom. The van der Waals surface area contributed by atoms with Gasteiger partial charge in [0.15, 0.2) is 0 Å². The van der Waals surface area contributed by atoms with Crippen LogP contribution in [0, 0.1) is 0 Å². The van der Waals surface area contributed by atoms with Crippen LogP contribution in [0.4, 0.5) is 17.1 Å². The van der Waals surface area contributed by atoms with E-state index in [1.165, 1.54) is 60.3 Å². The third-order valence-electron chi connectivity index (χ3n) is 8.89. The summed E-state index contributed by atoms with van der Waals surface area (Å²) in [5.74, 6) is 0. The maximum absolute atomic E-state index is 2.44. The lowest BCUT2D eigenvalue weighted by atomic mass is 9.98. The van der Waals surface area contributed by atoms with Gasteiger partial charge in [0.25, 0.3) is 0 Å². The van der Waals surface area contributed by atoms with E-state index in [9.17, 15) is 0 Å². The quantitative estimate of drug-likeness (QED) is 0.203. The van der Waals surface area contributed by atoms with Crippen molar-refractivity contribution in [3.63, 3.8) is 0 Å². The molecule has 0 N–H and O–H groups in total. The summed E-state index contributed by atoms with van der Waals surface area (Å²) in [5.41, 5.74) is 12.0. The van der Waals surface area contributed by atoms with Crippen molar-refractivity contribution in [1.29, 1.82) is 0 Å². The second-order valence-corrected chi connectivity index (χ2v) is 11.4. The van der Waals surface area contributed by atoms with Gasteiger partial charge in [-0.05, 0) is 82.9 Å². The largest absolute Gasteiger partial charge is 0.310 e. The van der Waals surface area contributed by atoms with Crippen molar-refractivity contribution in [2.24, 2.45) is 0 Å². The number of para-hydroxylation sites is 3. The van der Waals surface area contributed by atoms with E-state index in [1.807, 2.05) is 0 Å². The zero-order valence-electron chi connectivity index (χ0n) is 24.1. The summed E-state index contributed by atoms with van der Waals surface area (Å²) in [4.78, 5) is 2.34. The second kappa shape index (κ2) is 9.86. The number of anilines is 3. The van der Waals surface area contributed by atoms with Gasteiger partial charge in [0.1, 0.15) is 0 Å². The lowest BCUT2D eigenvalue weighted by molar-refractivity contribution is 1.28. The molecule has 0 radical (unpaired) electrons. The van der Waals surface area contributed by atoms with E-state index in [-0.39, 0.29) is 0 Å². The first-order valence-electron chi connectivity index (χ1n) is 15.1. The van der Waals surface area contributed by atoms with Gasteiger partial charge in [0.2, 0.25) is 0 Å². The molecule has 0 atom stereocenters. The van der Waals surface area contributed by atoms with Crippen LogP contribution in [0.5, 0.6) is 0 Å². The molecule has 206 valence electrons. The summed E-state index contributed by atoms with van der Waals surface area (Å²) in [6, 6.07) is 61.3. The van der Waals surface area contributed by atoms with E-state index in [0.29, 0.717) is 0 Å². The van der Waals surface area contributed by atoms with Crippen molar-refractivity contribution in [3.8, 4) is 22.3 Å². The maximum Gasteiger partial charge on any atom is 0.0620 e. The van der Waals surface area contributed by atoms with Crippen LogP contribution in [-0.2, 0) is 0 Å². The highest BCUT2D eigenvalue weighted by atomic mass is 15.1. The molecule has 0 unspecified atom stereocenters. The molecule has 2 heteroatoms. The summed E-state index contributed by atoms with van der Waals surface area (Å²) in [6.45, 7) is 0. The van der Waals surface area contributed by atoms with E-state index in [4.69, 9.17) is 0 Å². The van der Waals surface area contributed by atoms with Crippen LogP contribution < -0.4 is 4.90 Å². The van der Waals surface area contributed by atoms with Gasteiger partial charge in [-0.15, -0.1) is 0 Å². The van der Waals surface area contributed by atoms with Crippen molar-refractivity contribution < 1.29 is 0 Å². The van der Waals surface area contributed by atoms with Crippen LogP contribution in [0.25, 0.3) is 60.3 Å². The molecule has 0 aliphatic rings. The first kappa shape index (κ1) is 24.7. The fourth-order valence-corrected chi connectivity index (χ4v) is 6.90. The summed E-state index contributed by atoms with van der Waals surface area (Å²) < 4.78 is 2.44. The second-order valence-electron chi connectivity index (χ2n) is 11.4. The minimum atomic E-state index is 1.12. The van der Waals surface area contributed by atoms with Crippen molar-refractivity contribution in [3.05, 3.63) is 170 Å².